The number of nitrogens with zero attached hydrogens (tertiary/aromatic N) is 2. The summed E-state index contributed by atoms with van der Waals surface area (Å²) in [6, 6.07) is 6.72. The van der Waals surface area contributed by atoms with Crippen LogP contribution in [0.4, 0.5) is 11.4 Å². The van der Waals surface area contributed by atoms with Gasteiger partial charge >= 0.3 is 0 Å². The monoisotopic (exact) mass is 237 g/mol. The molecule has 5 heteroatoms. The molecule has 0 aromatic heterocycles. The fourth-order valence-corrected chi connectivity index (χ4v) is 1.71. The Morgan fingerprint density at radius 2 is 1.71 bits per heavy atom. The average molecular weight is 237 g/mol. The number of rotatable bonds is 2. The Morgan fingerprint density at radius 3 is 2.18 bits per heavy atom. The van der Waals surface area contributed by atoms with Crippen molar-refractivity contribution >= 4 is 11.4 Å². The smallest absolute Gasteiger partial charge is 0.269 e. The van der Waals surface area contributed by atoms with Crippen LogP contribution in [0.15, 0.2) is 24.3 Å². The predicted molar refractivity (Wildman–Crippen MR) is 69.5 cm³/mol. The predicted octanol–water partition coefficient (Wildman–Crippen LogP) is 2.03. The number of piperazine rings is 1. The van der Waals surface area contributed by atoms with Gasteiger partial charge in [0.1, 0.15) is 0 Å². The normalized spacial score (nSPS) is 14.8. The lowest BCUT2D eigenvalue weighted by molar-refractivity contribution is -0.384. The Labute approximate surface area is 102 Å². The van der Waals surface area contributed by atoms with Crippen LogP contribution in [-0.2, 0) is 0 Å². The molecular formula is C12H19N3O2. The Hall–Kier alpha value is -1.62. The van der Waals surface area contributed by atoms with Crippen LogP contribution in [-0.4, -0.2) is 31.1 Å². The Kier molecular flexibility index (Phi) is 5.42. The maximum absolute atomic E-state index is 10.5. The molecule has 1 N–H and O–H groups in total. The third-order valence-electron chi connectivity index (χ3n) is 2.54. The number of nitrogens with one attached hydrogen (secondary N) is 1. The molecule has 2 rings (SSSR count). The summed E-state index contributed by atoms with van der Waals surface area (Å²) in [5.74, 6) is 0. The van der Waals surface area contributed by atoms with Gasteiger partial charge < -0.3 is 10.2 Å². The number of nitro benzene ring substituents is 1. The highest BCUT2D eigenvalue weighted by atomic mass is 16.6. The van der Waals surface area contributed by atoms with Crippen LogP contribution in [0.5, 0.6) is 0 Å². The van der Waals surface area contributed by atoms with Crippen molar-refractivity contribution in [2.24, 2.45) is 0 Å². The molecule has 0 atom stereocenters. The maximum atomic E-state index is 10.5. The van der Waals surface area contributed by atoms with Gasteiger partial charge in [-0.15, -0.1) is 0 Å². The lowest BCUT2D eigenvalue weighted by Crippen LogP contribution is -2.43. The van der Waals surface area contributed by atoms with Crippen LogP contribution in [0.25, 0.3) is 0 Å². The molecule has 1 aliphatic heterocycles. The highest BCUT2D eigenvalue weighted by Gasteiger charge is 2.11. The minimum absolute atomic E-state index is 0.147. The van der Waals surface area contributed by atoms with Crippen molar-refractivity contribution in [3.8, 4) is 0 Å². The van der Waals surface area contributed by atoms with E-state index in [1.165, 1.54) is 0 Å². The molecule has 1 aromatic carbocycles. The third-order valence-corrected chi connectivity index (χ3v) is 2.54. The molecule has 0 radical (unpaired) electrons. The van der Waals surface area contributed by atoms with E-state index in [1.54, 1.807) is 12.1 Å². The zero-order chi connectivity index (χ0) is 12.7. The van der Waals surface area contributed by atoms with Crippen molar-refractivity contribution in [2.45, 2.75) is 13.8 Å². The number of benzene rings is 1. The highest BCUT2D eigenvalue weighted by Crippen LogP contribution is 2.19. The minimum atomic E-state index is -0.373. The summed E-state index contributed by atoms with van der Waals surface area (Å²) < 4.78 is 0. The van der Waals surface area contributed by atoms with E-state index >= 15 is 0 Å². The largest absolute Gasteiger partial charge is 0.369 e. The topological polar surface area (TPSA) is 58.4 Å². The summed E-state index contributed by atoms with van der Waals surface area (Å²) in [7, 11) is 0. The first-order valence-corrected chi connectivity index (χ1v) is 5.97. The third kappa shape index (κ3) is 3.71. The van der Waals surface area contributed by atoms with E-state index in [2.05, 4.69) is 10.2 Å². The van der Waals surface area contributed by atoms with Crippen LogP contribution in [0, 0.1) is 10.1 Å². The fraction of sp³-hybridized carbons (Fsp3) is 0.500. The van der Waals surface area contributed by atoms with Crippen LogP contribution >= 0.6 is 0 Å². The molecule has 0 aliphatic carbocycles. The second kappa shape index (κ2) is 6.85. The van der Waals surface area contributed by atoms with Crippen molar-refractivity contribution in [3.63, 3.8) is 0 Å². The van der Waals surface area contributed by atoms with Gasteiger partial charge in [-0.1, -0.05) is 13.8 Å². The van der Waals surface area contributed by atoms with Gasteiger partial charge in [-0.05, 0) is 12.1 Å². The second-order valence-electron chi connectivity index (χ2n) is 3.51. The summed E-state index contributed by atoms with van der Waals surface area (Å²) in [6.07, 6.45) is 0. The van der Waals surface area contributed by atoms with E-state index < -0.39 is 0 Å². The Bertz CT molecular complexity index is 345. The molecule has 0 saturated carbocycles. The van der Waals surface area contributed by atoms with Gasteiger partial charge in [0.25, 0.3) is 5.69 Å². The van der Waals surface area contributed by atoms with Crippen LogP contribution < -0.4 is 10.2 Å². The van der Waals surface area contributed by atoms with E-state index in [1.807, 2.05) is 26.0 Å². The molecule has 0 bridgehead atoms. The first-order valence-electron chi connectivity index (χ1n) is 5.97. The molecule has 1 saturated heterocycles. The Morgan fingerprint density at radius 1 is 1.18 bits per heavy atom. The summed E-state index contributed by atoms with van der Waals surface area (Å²) in [6.45, 7) is 7.85. The zero-order valence-corrected chi connectivity index (χ0v) is 10.3. The molecule has 94 valence electrons. The molecule has 0 unspecified atom stereocenters. The van der Waals surface area contributed by atoms with Crippen molar-refractivity contribution in [1.29, 1.82) is 0 Å². The quantitative estimate of drug-likeness (QED) is 0.631. The lowest BCUT2D eigenvalue weighted by atomic mass is 10.2. The SMILES string of the molecule is CC.O=[N+]([O-])c1ccc(N2CCNCC2)cc1. The van der Waals surface area contributed by atoms with E-state index in [0.717, 1.165) is 31.9 Å². The summed E-state index contributed by atoms with van der Waals surface area (Å²) in [4.78, 5) is 12.3. The van der Waals surface area contributed by atoms with Crippen LogP contribution in [0.3, 0.4) is 0 Å². The highest BCUT2D eigenvalue weighted by molar-refractivity contribution is 5.51. The van der Waals surface area contributed by atoms with E-state index in [-0.39, 0.29) is 10.6 Å². The van der Waals surface area contributed by atoms with Gasteiger partial charge in [0.2, 0.25) is 0 Å². The first kappa shape index (κ1) is 13.4. The van der Waals surface area contributed by atoms with Gasteiger partial charge in [-0.2, -0.15) is 0 Å². The number of nitro groups is 1. The lowest BCUT2D eigenvalue weighted by Gasteiger charge is -2.29. The second-order valence-corrected chi connectivity index (χ2v) is 3.51. The van der Waals surface area contributed by atoms with Crippen molar-refractivity contribution in [2.75, 3.05) is 31.1 Å². The molecule has 17 heavy (non-hydrogen) atoms. The van der Waals surface area contributed by atoms with Crippen molar-refractivity contribution in [1.82, 2.24) is 5.32 Å². The average Bonchev–Trinajstić information content (AvgIpc) is 2.42. The van der Waals surface area contributed by atoms with Crippen LogP contribution in [0.2, 0.25) is 0 Å². The van der Waals surface area contributed by atoms with E-state index in [9.17, 15) is 10.1 Å². The van der Waals surface area contributed by atoms with Gasteiger partial charge in [0.05, 0.1) is 4.92 Å². The Balaban J connectivity index is 0.000000686. The minimum Gasteiger partial charge on any atom is -0.369 e. The van der Waals surface area contributed by atoms with Gasteiger partial charge in [-0.25, -0.2) is 0 Å². The number of hydrogen-bond acceptors (Lipinski definition) is 4. The maximum Gasteiger partial charge on any atom is 0.269 e. The molecule has 1 fully saturated rings. The summed E-state index contributed by atoms with van der Waals surface area (Å²) in [5.41, 5.74) is 1.20. The van der Waals surface area contributed by atoms with E-state index in [4.69, 9.17) is 0 Å². The zero-order valence-electron chi connectivity index (χ0n) is 10.3. The number of non-ortho nitro benzene ring substituents is 1. The molecular weight excluding hydrogens is 218 g/mol. The summed E-state index contributed by atoms with van der Waals surface area (Å²) >= 11 is 0. The van der Waals surface area contributed by atoms with Gasteiger partial charge in [0, 0.05) is 44.0 Å². The van der Waals surface area contributed by atoms with Gasteiger partial charge in [0.15, 0.2) is 0 Å². The first-order chi connectivity index (χ1) is 8.27. The van der Waals surface area contributed by atoms with Gasteiger partial charge in [-0.3, -0.25) is 10.1 Å². The molecule has 5 nitrogen and oxygen atoms in total. The molecule has 1 aliphatic rings. The molecule has 0 amide bonds. The van der Waals surface area contributed by atoms with Crippen LogP contribution in [0.1, 0.15) is 13.8 Å². The molecule has 1 heterocycles. The number of hydrogen-bond donors (Lipinski definition) is 1. The molecule has 0 spiro atoms. The van der Waals surface area contributed by atoms with Crippen molar-refractivity contribution < 1.29 is 4.92 Å². The summed E-state index contributed by atoms with van der Waals surface area (Å²) in [5, 5.41) is 13.7. The van der Waals surface area contributed by atoms with E-state index in [0.29, 0.717) is 0 Å². The fourth-order valence-electron chi connectivity index (χ4n) is 1.71. The number of anilines is 1. The standard InChI is InChI=1S/C10H13N3O2.C2H6/c14-13(15)10-3-1-9(2-4-10)12-7-5-11-6-8-12;1-2/h1-4,11H,5-8H2;1-2H3. The van der Waals surface area contributed by atoms with Crippen molar-refractivity contribution in [3.05, 3.63) is 34.4 Å². The molecule has 1 aromatic rings.